The summed E-state index contributed by atoms with van der Waals surface area (Å²) in [5, 5.41) is 0. The highest BCUT2D eigenvalue weighted by atomic mass is 35.5. The van der Waals surface area contributed by atoms with Gasteiger partial charge in [0.15, 0.2) is 0 Å². The van der Waals surface area contributed by atoms with Gasteiger partial charge in [0.1, 0.15) is 4.90 Å². The van der Waals surface area contributed by atoms with Crippen LogP contribution in [0.25, 0.3) is 0 Å². The fraction of sp³-hybridized carbons (Fsp3) is 0.583. The van der Waals surface area contributed by atoms with Crippen LogP contribution in [-0.2, 0) is 10.0 Å². The van der Waals surface area contributed by atoms with Crippen LogP contribution in [-0.4, -0.2) is 25.8 Å². The Morgan fingerprint density at radius 3 is 2.83 bits per heavy atom. The second-order valence-corrected chi connectivity index (χ2v) is 6.72. The van der Waals surface area contributed by atoms with E-state index in [1.165, 1.54) is 6.20 Å². The van der Waals surface area contributed by atoms with Gasteiger partial charge in [-0.1, -0.05) is 6.42 Å². The third-order valence-corrected chi connectivity index (χ3v) is 5.30. The van der Waals surface area contributed by atoms with E-state index in [0.717, 1.165) is 19.3 Å². The first-order chi connectivity index (χ1) is 8.63. The summed E-state index contributed by atoms with van der Waals surface area (Å²) >= 11 is 5.88. The van der Waals surface area contributed by atoms with Gasteiger partial charge in [0.25, 0.3) is 0 Å². The summed E-state index contributed by atoms with van der Waals surface area (Å²) in [6.07, 6.45) is 6.20. The SMILES string of the molecule is O=S(=O)(NCC1CCCC1CCl)c1cccnc1. The minimum Gasteiger partial charge on any atom is -0.263 e. The van der Waals surface area contributed by atoms with Gasteiger partial charge in [-0.3, -0.25) is 4.98 Å². The maximum absolute atomic E-state index is 12.0. The number of halogens is 1. The molecule has 0 spiro atoms. The van der Waals surface area contributed by atoms with Gasteiger partial charge in [-0.15, -0.1) is 11.6 Å². The quantitative estimate of drug-likeness (QED) is 0.843. The van der Waals surface area contributed by atoms with E-state index in [0.29, 0.717) is 24.3 Å². The molecule has 2 rings (SSSR count). The normalized spacial score (nSPS) is 24.3. The van der Waals surface area contributed by atoms with E-state index in [-0.39, 0.29) is 4.90 Å². The molecule has 18 heavy (non-hydrogen) atoms. The minimum atomic E-state index is -3.43. The number of sulfonamides is 1. The van der Waals surface area contributed by atoms with Crippen LogP contribution in [0.3, 0.4) is 0 Å². The highest BCUT2D eigenvalue weighted by Crippen LogP contribution is 2.32. The van der Waals surface area contributed by atoms with Crippen molar-refractivity contribution in [3.8, 4) is 0 Å². The molecule has 4 nitrogen and oxygen atoms in total. The number of alkyl halides is 1. The Labute approximate surface area is 113 Å². The average Bonchev–Trinajstić information content (AvgIpc) is 2.85. The van der Waals surface area contributed by atoms with Crippen molar-refractivity contribution in [3.05, 3.63) is 24.5 Å². The summed E-state index contributed by atoms with van der Waals surface area (Å²) in [7, 11) is -3.43. The number of nitrogens with one attached hydrogen (secondary N) is 1. The maximum atomic E-state index is 12.0. The molecule has 1 N–H and O–H groups in total. The van der Waals surface area contributed by atoms with E-state index in [2.05, 4.69) is 9.71 Å². The van der Waals surface area contributed by atoms with Crippen molar-refractivity contribution in [3.63, 3.8) is 0 Å². The zero-order valence-corrected chi connectivity index (χ0v) is 11.6. The van der Waals surface area contributed by atoms with E-state index >= 15 is 0 Å². The van der Waals surface area contributed by atoms with Crippen molar-refractivity contribution in [2.45, 2.75) is 24.2 Å². The molecule has 1 aliphatic carbocycles. The van der Waals surface area contributed by atoms with Crippen molar-refractivity contribution >= 4 is 21.6 Å². The van der Waals surface area contributed by atoms with Crippen LogP contribution in [0.2, 0.25) is 0 Å². The minimum absolute atomic E-state index is 0.213. The van der Waals surface area contributed by atoms with E-state index in [1.807, 2.05) is 0 Å². The van der Waals surface area contributed by atoms with Gasteiger partial charge in [-0.2, -0.15) is 0 Å². The second kappa shape index (κ2) is 5.99. The van der Waals surface area contributed by atoms with Crippen LogP contribution < -0.4 is 4.72 Å². The van der Waals surface area contributed by atoms with Crippen LogP contribution in [0.15, 0.2) is 29.4 Å². The highest BCUT2D eigenvalue weighted by Gasteiger charge is 2.27. The van der Waals surface area contributed by atoms with Crippen LogP contribution in [0.4, 0.5) is 0 Å². The van der Waals surface area contributed by atoms with E-state index < -0.39 is 10.0 Å². The number of aromatic nitrogens is 1. The molecule has 1 aromatic rings. The molecule has 0 aromatic carbocycles. The predicted molar refractivity (Wildman–Crippen MR) is 71.0 cm³/mol. The summed E-state index contributed by atoms with van der Waals surface area (Å²) in [5.74, 6) is 1.40. The molecular formula is C12H17ClN2O2S. The number of pyridine rings is 1. The first-order valence-corrected chi connectivity index (χ1v) is 8.11. The Bertz CT molecular complexity index is 478. The molecule has 1 aliphatic rings. The fourth-order valence-corrected chi connectivity index (χ4v) is 3.86. The van der Waals surface area contributed by atoms with E-state index in [9.17, 15) is 8.42 Å². The zero-order chi connectivity index (χ0) is 13.0. The summed E-state index contributed by atoms with van der Waals surface area (Å²) in [6.45, 7) is 0.467. The van der Waals surface area contributed by atoms with Gasteiger partial charge in [-0.05, 0) is 36.8 Å². The van der Waals surface area contributed by atoms with Gasteiger partial charge < -0.3 is 0 Å². The molecule has 0 amide bonds. The van der Waals surface area contributed by atoms with Gasteiger partial charge >= 0.3 is 0 Å². The van der Waals surface area contributed by atoms with Crippen LogP contribution >= 0.6 is 11.6 Å². The molecule has 6 heteroatoms. The first-order valence-electron chi connectivity index (χ1n) is 6.09. The van der Waals surface area contributed by atoms with Crippen molar-refractivity contribution in [1.29, 1.82) is 0 Å². The Morgan fingerprint density at radius 1 is 1.39 bits per heavy atom. The largest absolute Gasteiger partial charge is 0.263 e. The second-order valence-electron chi connectivity index (χ2n) is 4.65. The van der Waals surface area contributed by atoms with Gasteiger partial charge in [0.2, 0.25) is 10.0 Å². The lowest BCUT2D eigenvalue weighted by molar-refractivity contribution is 0.418. The molecule has 0 radical (unpaired) electrons. The van der Waals surface area contributed by atoms with Gasteiger partial charge in [0.05, 0.1) is 0 Å². The van der Waals surface area contributed by atoms with Crippen LogP contribution in [0.5, 0.6) is 0 Å². The summed E-state index contributed by atoms with van der Waals surface area (Å²) in [4.78, 5) is 4.03. The molecule has 100 valence electrons. The predicted octanol–water partition coefficient (Wildman–Crippen LogP) is 2.01. The number of hydrogen-bond donors (Lipinski definition) is 1. The molecule has 2 unspecified atom stereocenters. The third-order valence-electron chi connectivity index (χ3n) is 3.49. The fourth-order valence-electron chi connectivity index (χ4n) is 2.39. The van der Waals surface area contributed by atoms with Gasteiger partial charge in [0, 0.05) is 24.8 Å². The van der Waals surface area contributed by atoms with Crippen molar-refractivity contribution in [2.24, 2.45) is 11.8 Å². The standard InChI is InChI=1S/C12H17ClN2O2S/c13-7-10-3-1-4-11(10)8-15-18(16,17)12-5-2-6-14-9-12/h2,5-6,9-11,15H,1,3-4,7-8H2. The molecule has 1 aromatic heterocycles. The van der Waals surface area contributed by atoms with E-state index in [1.54, 1.807) is 18.3 Å². The lowest BCUT2D eigenvalue weighted by Gasteiger charge is -2.17. The third kappa shape index (κ3) is 3.22. The Kier molecular flexibility index (Phi) is 4.59. The van der Waals surface area contributed by atoms with Crippen molar-refractivity contribution < 1.29 is 8.42 Å². The van der Waals surface area contributed by atoms with E-state index in [4.69, 9.17) is 11.6 Å². The smallest absolute Gasteiger partial charge is 0.242 e. The molecule has 0 aliphatic heterocycles. The molecule has 1 heterocycles. The number of hydrogen-bond acceptors (Lipinski definition) is 3. The molecule has 1 saturated carbocycles. The molecule has 0 bridgehead atoms. The summed E-state index contributed by atoms with van der Waals surface area (Å²) in [6, 6.07) is 3.16. The monoisotopic (exact) mass is 288 g/mol. The molecule has 2 atom stereocenters. The Hall–Kier alpha value is -0.650. The van der Waals surface area contributed by atoms with Crippen LogP contribution in [0.1, 0.15) is 19.3 Å². The highest BCUT2D eigenvalue weighted by molar-refractivity contribution is 7.89. The summed E-state index contributed by atoms with van der Waals surface area (Å²) in [5.41, 5.74) is 0. The number of rotatable bonds is 5. The molecule has 1 fully saturated rings. The first kappa shape index (κ1) is 13.8. The average molecular weight is 289 g/mol. The van der Waals surface area contributed by atoms with Gasteiger partial charge in [-0.25, -0.2) is 13.1 Å². The zero-order valence-electron chi connectivity index (χ0n) is 10.0. The molecule has 0 saturated heterocycles. The lowest BCUT2D eigenvalue weighted by Crippen LogP contribution is -2.31. The number of nitrogens with zero attached hydrogens (tertiary/aromatic N) is 1. The maximum Gasteiger partial charge on any atom is 0.242 e. The van der Waals surface area contributed by atoms with Crippen LogP contribution in [0, 0.1) is 11.8 Å². The Balaban J connectivity index is 1.98. The van der Waals surface area contributed by atoms with Crippen molar-refractivity contribution in [2.75, 3.05) is 12.4 Å². The lowest BCUT2D eigenvalue weighted by atomic mass is 9.98. The van der Waals surface area contributed by atoms with Crippen molar-refractivity contribution in [1.82, 2.24) is 9.71 Å². The molecular weight excluding hydrogens is 272 g/mol. The topological polar surface area (TPSA) is 59.1 Å². The Morgan fingerprint density at radius 2 is 2.17 bits per heavy atom. The summed E-state index contributed by atoms with van der Waals surface area (Å²) < 4.78 is 26.7.